The van der Waals surface area contributed by atoms with Crippen molar-refractivity contribution in [2.24, 2.45) is 0 Å². The average Bonchev–Trinajstić information content (AvgIpc) is 2.03. The molecule has 2 atom stereocenters. The molecule has 0 aromatic heterocycles. The molecular formula is C10H21NO3. The van der Waals surface area contributed by atoms with E-state index in [-0.39, 0.29) is 18.1 Å². The number of nitrogens with one attached hydrogen (secondary N) is 1. The lowest BCUT2D eigenvalue weighted by atomic mass is 10.2. The number of hydrogen-bond acceptors (Lipinski definition) is 4. The molecule has 0 saturated carbocycles. The molecule has 4 heteroatoms. The number of rotatable bonds is 7. The van der Waals surface area contributed by atoms with Gasteiger partial charge in [0.2, 0.25) is 0 Å². The van der Waals surface area contributed by atoms with Crippen LogP contribution in [0.1, 0.15) is 27.2 Å². The molecule has 2 unspecified atom stereocenters. The van der Waals surface area contributed by atoms with Crippen molar-refractivity contribution in [3.8, 4) is 0 Å². The van der Waals surface area contributed by atoms with Crippen LogP contribution in [0.5, 0.6) is 0 Å². The summed E-state index contributed by atoms with van der Waals surface area (Å²) in [6.45, 7) is 6.88. The van der Waals surface area contributed by atoms with E-state index in [4.69, 9.17) is 9.47 Å². The van der Waals surface area contributed by atoms with Crippen molar-refractivity contribution in [1.29, 1.82) is 0 Å². The summed E-state index contributed by atoms with van der Waals surface area (Å²) in [6, 6.07) is 0.378. The Kier molecular flexibility index (Phi) is 7.42. The highest BCUT2D eigenvalue weighted by atomic mass is 16.5. The van der Waals surface area contributed by atoms with E-state index in [2.05, 4.69) is 5.32 Å². The molecule has 0 rings (SSSR count). The molecule has 0 fully saturated rings. The maximum absolute atomic E-state index is 11.1. The van der Waals surface area contributed by atoms with E-state index in [0.29, 0.717) is 19.6 Å². The Morgan fingerprint density at radius 2 is 2.00 bits per heavy atom. The maximum atomic E-state index is 11.1. The number of methoxy groups -OCH3 is 1. The van der Waals surface area contributed by atoms with Crippen LogP contribution in [0.2, 0.25) is 0 Å². The maximum Gasteiger partial charge on any atom is 0.307 e. The van der Waals surface area contributed by atoms with Crippen LogP contribution in [-0.2, 0) is 14.3 Å². The summed E-state index contributed by atoms with van der Waals surface area (Å²) in [4.78, 5) is 11.1. The fourth-order valence-corrected chi connectivity index (χ4v) is 1.31. The molecule has 4 nitrogen and oxygen atoms in total. The van der Waals surface area contributed by atoms with Gasteiger partial charge in [-0.15, -0.1) is 0 Å². The van der Waals surface area contributed by atoms with Crippen molar-refractivity contribution >= 4 is 5.97 Å². The molecule has 0 aromatic carbocycles. The molecule has 0 bridgehead atoms. The topological polar surface area (TPSA) is 47.6 Å². The van der Waals surface area contributed by atoms with Crippen LogP contribution >= 0.6 is 0 Å². The van der Waals surface area contributed by atoms with Gasteiger partial charge < -0.3 is 14.8 Å². The van der Waals surface area contributed by atoms with E-state index < -0.39 is 0 Å². The first kappa shape index (κ1) is 13.4. The predicted molar refractivity (Wildman–Crippen MR) is 55.2 cm³/mol. The third-order valence-corrected chi connectivity index (χ3v) is 1.76. The molecule has 1 N–H and O–H groups in total. The van der Waals surface area contributed by atoms with Crippen LogP contribution in [0, 0.1) is 0 Å². The van der Waals surface area contributed by atoms with E-state index in [1.54, 1.807) is 7.11 Å². The van der Waals surface area contributed by atoms with Gasteiger partial charge in [-0.25, -0.2) is 0 Å². The van der Waals surface area contributed by atoms with Crippen molar-refractivity contribution < 1.29 is 14.3 Å². The average molecular weight is 203 g/mol. The van der Waals surface area contributed by atoms with Gasteiger partial charge in [0.1, 0.15) is 0 Å². The molecule has 0 amide bonds. The summed E-state index contributed by atoms with van der Waals surface area (Å²) in [6.07, 6.45) is 0.405. The van der Waals surface area contributed by atoms with Gasteiger partial charge in [-0.3, -0.25) is 4.79 Å². The molecule has 0 radical (unpaired) electrons. The Hall–Kier alpha value is -0.610. The van der Waals surface area contributed by atoms with Crippen molar-refractivity contribution in [3.05, 3.63) is 0 Å². The third-order valence-electron chi connectivity index (χ3n) is 1.76. The molecular weight excluding hydrogens is 182 g/mol. The van der Waals surface area contributed by atoms with Crippen molar-refractivity contribution in [2.45, 2.75) is 39.3 Å². The van der Waals surface area contributed by atoms with E-state index in [1.165, 1.54) is 0 Å². The zero-order chi connectivity index (χ0) is 11.0. The first-order valence-electron chi connectivity index (χ1n) is 5.00. The number of carbonyl (C=O) groups excluding carboxylic acids is 1. The summed E-state index contributed by atoms with van der Waals surface area (Å²) < 4.78 is 9.82. The zero-order valence-electron chi connectivity index (χ0n) is 9.50. The summed E-state index contributed by atoms with van der Waals surface area (Å²) in [5.74, 6) is -0.155. The van der Waals surface area contributed by atoms with Gasteiger partial charge in [0.15, 0.2) is 0 Å². The number of ether oxygens (including phenoxy) is 2. The lowest BCUT2D eigenvalue weighted by molar-refractivity contribution is -0.143. The van der Waals surface area contributed by atoms with Crippen LogP contribution in [0.25, 0.3) is 0 Å². The minimum Gasteiger partial charge on any atom is -0.466 e. The van der Waals surface area contributed by atoms with Crippen molar-refractivity contribution in [2.75, 3.05) is 20.3 Å². The lowest BCUT2D eigenvalue weighted by Gasteiger charge is -2.18. The van der Waals surface area contributed by atoms with Crippen LogP contribution in [0.15, 0.2) is 0 Å². The van der Waals surface area contributed by atoms with Crippen molar-refractivity contribution in [1.82, 2.24) is 5.32 Å². The van der Waals surface area contributed by atoms with Crippen LogP contribution in [0.4, 0.5) is 0 Å². The highest BCUT2D eigenvalue weighted by Crippen LogP contribution is 1.96. The number of carbonyl (C=O) groups is 1. The van der Waals surface area contributed by atoms with E-state index in [9.17, 15) is 4.79 Å². The number of esters is 1. The fourth-order valence-electron chi connectivity index (χ4n) is 1.31. The van der Waals surface area contributed by atoms with Crippen molar-refractivity contribution in [3.63, 3.8) is 0 Å². The smallest absolute Gasteiger partial charge is 0.307 e. The third kappa shape index (κ3) is 6.86. The highest BCUT2D eigenvalue weighted by molar-refractivity contribution is 5.69. The molecule has 0 saturated heterocycles. The Labute approximate surface area is 86.0 Å². The minimum absolute atomic E-state index is 0.124. The number of hydrogen-bond donors (Lipinski definition) is 1. The normalized spacial score (nSPS) is 14.9. The van der Waals surface area contributed by atoms with Crippen LogP contribution in [-0.4, -0.2) is 38.4 Å². The minimum atomic E-state index is -0.155. The standard InChI is InChI=1S/C10H21NO3/c1-5-14-10(12)6-8(2)11-9(3)7-13-4/h8-9,11H,5-7H2,1-4H3. The quantitative estimate of drug-likeness (QED) is 0.626. The predicted octanol–water partition coefficient (Wildman–Crippen LogP) is 0.953. The summed E-state index contributed by atoms with van der Waals surface area (Å²) in [7, 11) is 1.66. The second kappa shape index (κ2) is 7.76. The van der Waals surface area contributed by atoms with Gasteiger partial charge in [0, 0.05) is 19.2 Å². The molecule has 84 valence electrons. The molecule has 14 heavy (non-hydrogen) atoms. The molecule has 0 aliphatic carbocycles. The lowest BCUT2D eigenvalue weighted by Crippen LogP contribution is -2.38. The summed E-state index contributed by atoms with van der Waals surface area (Å²) in [5.41, 5.74) is 0. The van der Waals surface area contributed by atoms with Crippen LogP contribution in [0.3, 0.4) is 0 Å². The molecule has 0 aromatic rings. The SMILES string of the molecule is CCOC(=O)CC(C)NC(C)COC. The Balaban J connectivity index is 3.63. The highest BCUT2D eigenvalue weighted by Gasteiger charge is 2.11. The second-order valence-corrected chi connectivity index (χ2v) is 3.43. The molecule has 0 aliphatic rings. The Morgan fingerprint density at radius 1 is 1.36 bits per heavy atom. The van der Waals surface area contributed by atoms with Crippen LogP contribution < -0.4 is 5.32 Å². The van der Waals surface area contributed by atoms with Gasteiger partial charge >= 0.3 is 5.97 Å². The first-order chi connectivity index (χ1) is 6.60. The molecule has 0 heterocycles. The van der Waals surface area contributed by atoms with E-state index >= 15 is 0 Å². The van der Waals surface area contributed by atoms with Gasteiger partial charge in [-0.1, -0.05) is 0 Å². The van der Waals surface area contributed by atoms with Gasteiger partial charge in [0.05, 0.1) is 19.6 Å². The fraction of sp³-hybridized carbons (Fsp3) is 0.900. The van der Waals surface area contributed by atoms with E-state index in [1.807, 2.05) is 20.8 Å². The summed E-state index contributed by atoms with van der Waals surface area (Å²) in [5, 5.41) is 3.24. The van der Waals surface area contributed by atoms with E-state index in [0.717, 1.165) is 0 Å². The first-order valence-corrected chi connectivity index (χ1v) is 5.00. The Morgan fingerprint density at radius 3 is 2.50 bits per heavy atom. The monoisotopic (exact) mass is 203 g/mol. The zero-order valence-corrected chi connectivity index (χ0v) is 9.50. The largest absolute Gasteiger partial charge is 0.466 e. The molecule has 0 aliphatic heterocycles. The van der Waals surface area contributed by atoms with Gasteiger partial charge in [-0.2, -0.15) is 0 Å². The van der Waals surface area contributed by atoms with Gasteiger partial charge in [0.25, 0.3) is 0 Å². The second-order valence-electron chi connectivity index (χ2n) is 3.43. The Bertz CT molecular complexity index is 161. The van der Waals surface area contributed by atoms with Gasteiger partial charge in [-0.05, 0) is 20.8 Å². The molecule has 0 spiro atoms. The summed E-state index contributed by atoms with van der Waals surface area (Å²) >= 11 is 0.